The standard InChI is InChI=1S/C19H29N3O4/c1-5-6-7-15(11-22(26)12-23)18(24)17(13(2)3)21-19(25)16-8-14(4)9-20-10-16/h8-10,12-13,15,17,26H,5-7,11H2,1-4H3,(H,21,25)/t15-,17+/m1/s1. The number of ketones is 1. The molecule has 1 aromatic rings. The Morgan fingerprint density at radius 2 is 2.04 bits per heavy atom. The van der Waals surface area contributed by atoms with Gasteiger partial charge in [0.05, 0.1) is 18.2 Å². The van der Waals surface area contributed by atoms with E-state index >= 15 is 0 Å². The van der Waals surface area contributed by atoms with Crippen LogP contribution in [0.5, 0.6) is 0 Å². The van der Waals surface area contributed by atoms with E-state index in [2.05, 4.69) is 10.3 Å². The minimum atomic E-state index is -0.704. The number of pyridine rings is 1. The number of aromatic nitrogens is 1. The number of carbonyl (C=O) groups is 3. The lowest BCUT2D eigenvalue weighted by Gasteiger charge is -2.27. The van der Waals surface area contributed by atoms with Crippen molar-refractivity contribution in [2.45, 2.75) is 53.0 Å². The zero-order valence-electron chi connectivity index (χ0n) is 15.9. The van der Waals surface area contributed by atoms with E-state index in [0.717, 1.165) is 18.4 Å². The molecule has 0 unspecified atom stereocenters. The maximum absolute atomic E-state index is 13.0. The first kappa shape index (κ1) is 21.8. The Morgan fingerprint density at radius 3 is 2.58 bits per heavy atom. The molecular weight excluding hydrogens is 334 g/mol. The van der Waals surface area contributed by atoms with Crippen LogP contribution in [0.15, 0.2) is 18.5 Å². The van der Waals surface area contributed by atoms with Crippen LogP contribution in [0.4, 0.5) is 0 Å². The predicted octanol–water partition coefficient (Wildman–Crippen LogP) is 2.37. The highest BCUT2D eigenvalue weighted by Gasteiger charge is 2.31. The van der Waals surface area contributed by atoms with Gasteiger partial charge in [0, 0.05) is 18.3 Å². The molecule has 0 aromatic carbocycles. The molecule has 0 saturated carbocycles. The number of carbonyl (C=O) groups excluding carboxylic acids is 3. The molecule has 0 aliphatic heterocycles. The molecule has 0 bridgehead atoms. The van der Waals surface area contributed by atoms with Crippen LogP contribution in [-0.4, -0.2) is 45.9 Å². The number of Topliss-reactive ketones (excluding diaryl/α,β-unsaturated/α-hetero) is 1. The third kappa shape index (κ3) is 6.55. The maximum Gasteiger partial charge on any atom is 0.253 e. The molecule has 1 aromatic heterocycles. The van der Waals surface area contributed by atoms with Crippen molar-refractivity contribution in [3.05, 3.63) is 29.6 Å². The van der Waals surface area contributed by atoms with Crippen LogP contribution < -0.4 is 5.32 Å². The number of amides is 2. The van der Waals surface area contributed by atoms with E-state index in [9.17, 15) is 19.6 Å². The van der Waals surface area contributed by atoms with Gasteiger partial charge < -0.3 is 5.32 Å². The fraction of sp³-hybridized carbons (Fsp3) is 0.579. The summed E-state index contributed by atoms with van der Waals surface area (Å²) in [6.45, 7) is 7.47. The van der Waals surface area contributed by atoms with Gasteiger partial charge in [-0.3, -0.25) is 24.6 Å². The highest BCUT2D eigenvalue weighted by Crippen LogP contribution is 2.17. The molecule has 1 heterocycles. The van der Waals surface area contributed by atoms with Crippen molar-refractivity contribution in [1.82, 2.24) is 15.4 Å². The summed E-state index contributed by atoms with van der Waals surface area (Å²) in [5.74, 6) is -1.20. The molecule has 0 aliphatic rings. The Balaban J connectivity index is 2.95. The second-order valence-electron chi connectivity index (χ2n) is 6.92. The second kappa shape index (κ2) is 10.7. The van der Waals surface area contributed by atoms with Crippen LogP contribution in [0.2, 0.25) is 0 Å². The van der Waals surface area contributed by atoms with Crippen molar-refractivity contribution in [3.8, 4) is 0 Å². The van der Waals surface area contributed by atoms with Crippen LogP contribution in [0, 0.1) is 18.8 Å². The molecule has 7 nitrogen and oxygen atoms in total. The van der Waals surface area contributed by atoms with Gasteiger partial charge in [0.2, 0.25) is 6.41 Å². The molecule has 2 atom stereocenters. The van der Waals surface area contributed by atoms with Gasteiger partial charge >= 0.3 is 0 Å². The average Bonchev–Trinajstić information content (AvgIpc) is 2.61. The Hall–Kier alpha value is -2.28. The van der Waals surface area contributed by atoms with E-state index in [0.29, 0.717) is 17.0 Å². The summed E-state index contributed by atoms with van der Waals surface area (Å²) in [5, 5.41) is 12.8. The van der Waals surface area contributed by atoms with Gasteiger partial charge in [0.1, 0.15) is 0 Å². The first-order valence-corrected chi connectivity index (χ1v) is 8.97. The SMILES string of the molecule is CCCC[C@H](CN(O)C=O)C(=O)[C@@H](NC(=O)c1cncc(C)c1)C(C)C. The van der Waals surface area contributed by atoms with Crippen LogP contribution in [-0.2, 0) is 9.59 Å². The third-order valence-corrected chi connectivity index (χ3v) is 4.23. The lowest BCUT2D eigenvalue weighted by atomic mass is 9.87. The molecule has 0 aliphatic carbocycles. The Kier molecular flexibility index (Phi) is 8.92. The number of aryl methyl sites for hydroxylation is 1. The molecule has 2 amide bonds. The summed E-state index contributed by atoms with van der Waals surface area (Å²) < 4.78 is 0. The van der Waals surface area contributed by atoms with Gasteiger partial charge in [0.25, 0.3) is 5.91 Å². The number of hydrogen-bond donors (Lipinski definition) is 2. The normalized spacial score (nSPS) is 13.2. The molecule has 1 rings (SSSR count). The third-order valence-electron chi connectivity index (χ3n) is 4.23. The van der Waals surface area contributed by atoms with Crippen molar-refractivity contribution < 1.29 is 19.6 Å². The van der Waals surface area contributed by atoms with E-state index < -0.39 is 12.0 Å². The van der Waals surface area contributed by atoms with Gasteiger partial charge in [0.15, 0.2) is 5.78 Å². The molecule has 7 heteroatoms. The summed E-state index contributed by atoms with van der Waals surface area (Å²) in [6, 6.07) is 1.01. The fourth-order valence-electron chi connectivity index (χ4n) is 2.77. The highest BCUT2D eigenvalue weighted by molar-refractivity contribution is 5.98. The molecule has 0 radical (unpaired) electrons. The van der Waals surface area contributed by atoms with Crippen molar-refractivity contribution in [2.24, 2.45) is 11.8 Å². The lowest BCUT2D eigenvalue weighted by molar-refractivity contribution is -0.154. The van der Waals surface area contributed by atoms with Gasteiger partial charge in [-0.15, -0.1) is 0 Å². The van der Waals surface area contributed by atoms with Gasteiger partial charge in [-0.2, -0.15) is 0 Å². The summed E-state index contributed by atoms with van der Waals surface area (Å²) in [7, 11) is 0. The van der Waals surface area contributed by atoms with E-state index in [-0.39, 0.29) is 30.6 Å². The number of unbranched alkanes of at least 4 members (excludes halogenated alkanes) is 1. The van der Waals surface area contributed by atoms with Gasteiger partial charge in [-0.1, -0.05) is 33.6 Å². The van der Waals surface area contributed by atoms with Gasteiger partial charge in [-0.25, -0.2) is 5.06 Å². The molecule has 0 saturated heterocycles. The van der Waals surface area contributed by atoms with E-state index in [1.165, 1.54) is 6.20 Å². The first-order valence-electron chi connectivity index (χ1n) is 8.97. The van der Waals surface area contributed by atoms with E-state index in [1.54, 1.807) is 12.3 Å². The minimum absolute atomic E-state index is 0.0760. The van der Waals surface area contributed by atoms with Crippen LogP contribution in [0.25, 0.3) is 0 Å². The Bertz CT molecular complexity index is 619. The molecule has 0 fully saturated rings. The van der Waals surface area contributed by atoms with Crippen molar-refractivity contribution in [1.29, 1.82) is 0 Å². The zero-order valence-corrected chi connectivity index (χ0v) is 15.9. The van der Waals surface area contributed by atoms with Crippen molar-refractivity contribution in [3.63, 3.8) is 0 Å². The largest absolute Gasteiger partial charge is 0.342 e. The number of hydrogen-bond acceptors (Lipinski definition) is 5. The summed E-state index contributed by atoms with van der Waals surface area (Å²) in [4.78, 5) is 40.2. The predicted molar refractivity (Wildman–Crippen MR) is 97.6 cm³/mol. The molecule has 2 N–H and O–H groups in total. The lowest BCUT2D eigenvalue weighted by Crippen LogP contribution is -2.48. The number of nitrogens with zero attached hydrogens (tertiary/aromatic N) is 2. The monoisotopic (exact) mass is 363 g/mol. The minimum Gasteiger partial charge on any atom is -0.342 e. The van der Waals surface area contributed by atoms with E-state index in [4.69, 9.17) is 0 Å². The Labute approximate surface area is 154 Å². The van der Waals surface area contributed by atoms with Crippen molar-refractivity contribution in [2.75, 3.05) is 6.54 Å². The number of hydroxylamine groups is 2. The maximum atomic E-state index is 13.0. The van der Waals surface area contributed by atoms with E-state index in [1.807, 2.05) is 27.7 Å². The summed E-state index contributed by atoms with van der Waals surface area (Å²) in [5.41, 5.74) is 1.25. The smallest absolute Gasteiger partial charge is 0.253 e. The second-order valence-corrected chi connectivity index (χ2v) is 6.92. The van der Waals surface area contributed by atoms with Crippen LogP contribution in [0.1, 0.15) is 56.0 Å². The quantitative estimate of drug-likeness (QED) is 0.357. The topological polar surface area (TPSA) is 99.6 Å². The zero-order chi connectivity index (χ0) is 19.7. The Morgan fingerprint density at radius 1 is 1.35 bits per heavy atom. The summed E-state index contributed by atoms with van der Waals surface area (Å²) in [6.07, 6.45) is 5.63. The first-order chi connectivity index (χ1) is 12.3. The highest BCUT2D eigenvalue weighted by atomic mass is 16.5. The molecular formula is C19H29N3O4. The number of nitrogens with one attached hydrogen (secondary N) is 1. The van der Waals surface area contributed by atoms with Crippen molar-refractivity contribution >= 4 is 18.1 Å². The number of rotatable bonds is 11. The molecule has 26 heavy (non-hydrogen) atoms. The molecule has 0 spiro atoms. The molecule has 144 valence electrons. The van der Waals surface area contributed by atoms with Crippen LogP contribution >= 0.6 is 0 Å². The summed E-state index contributed by atoms with van der Waals surface area (Å²) >= 11 is 0. The van der Waals surface area contributed by atoms with Crippen LogP contribution in [0.3, 0.4) is 0 Å². The average molecular weight is 363 g/mol. The fourth-order valence-corrected chi connectivity index (χ4v) is 2.77. The van der Waals surface area contributed by atoms with Gasteiger partial charge in [-0.05, 0) is 30.9 Å².